The Morgan fingerprint density at radius 3 is 2.62 bits per heavy atom. The Labute approximate surface area is 96.4 Å². The first-order valence-corrected chi connectivity index (χ1v) is 5.37. The lowest BCUT2D eigenvalue weighted by molar-refractivity contribution is 0.392. The van der Waals surface area contributed by atoms with Crippen molar-refractivity contribution in [3.8, 4) is 0 Å². The van der Waals surface area contributed by atoms with Crippen molar-refractivity contribution in [2.24, 2.45) is 0 Å². The van der Waals surface area contributed by atoms with Gasteiger partial charge in [-0.25, -0.2) is 4.39 Å². The molecule has 90 valence electrons. The molecule has 3 nitrogen and oxygen atoms in total. The molecule has 0 aliphatic rings. The molecule has 0 spiro atoms. The molecule has 1 atom stereocenters. The molecular weight excluding hydrogens is 205 g/mol. The van der Waals surface area contributed by atoms with E-state index in [9.17, 15) is 4.39 Å². The fourth-order valence-electron chi connectivity index (χ4n) is 1.68. The van der Waals surface area contributed by atoms with Crippen LogP contribution in [-0.4, -0.2) is 31.6 Å². The lowest BCUT2D eigenvalue weighted by Gasteiger charge is -2.20. The molecule has 4 heteroatoms. The third kappa shape index (κ3) is 3.38. The molecule has 0 aliphatic heterocycles. The van der Waals surface area contributed by atoms with Crippen LogP contribution in [0.15, 0.2) is 12.1 Å². The van der Waals surface area contributed by atoms with E-state index in [2.05, 4.69) is 17.1 Å². The van der Waals surface area contributed by atoms with Gasteiger partial charge in [0.25, 0.3) is 0 Å². The number of rotatable bonds is 4. The first-order valence-electron chi connectivity index (χ1n) is 5.37. The molecule has 16 heavy (non-hydrogen) atoms. The molecule has 0 bridgehead atoms. The Morgan fingerprint density at radius 1 is 1.44 bits per heavy atom. The Hall–Kier alpha value is -1.29. The minimum absolute atomic E-state index is 0.261. The number of benzene rings is 1. The van der Waals surface area contributed by atoms with Gasteiger partial charge in [0.2, 0.25) is 0 Å². The molecule has 3 N–H and O–H groups in total. The normalized spacial score (nSPS) is 12.9. The van der Waals surface area contributed by atoms with Gasteiger partial charge in [0, 0.05) is 12.6 Å². The topological polar surface area (TPSA) is 41.3 Å². The summed E-state index contributed by atoms with van der Waals surface area (Å²) < 4.78 is 13.2. The van der Waals surface area contributed by atoms with E-state index in [0.29, 0.717) is 11.3 Å². The van der Waals surface area contributed by atoms with Gasteiger partial charge in [-0.15, -0.1) is 0 Å². The van der Waals surface area contributed by atoms with Gasteiger partial charge in [-0.05, 0) is 45.6 Å². The van der Waals surface area contributed by atoms with Gasteiger partial charge in [-0.1, -0.05) is 0 Å². The molecule has 1 aromatic rings. The number of halogens is 1. The van der Waals surface area contributed by atoms with Gasteiger partial charge < -0.3 is 16.0 Å². The van der Waals surface area contributed by atoms with Gasteiger partial charge in [-0.2, -0.15) is 0 Å². The van der Waals surface area contributed by atoms with E-state index >= 15 is 0 Å². The number of likely N-dealkylation sites (N-methyl/N-ethyl adjacent to an activating group) is 1. The molecule has 0 amide bonds. The van der Waals surface area contributed by atoms with E-state index in [4.69, 9.17) is 5.73 Å². The van der Waals surface area contributed by atoms with E-state index < -0.39 is 0 Å². The highest BCUT2D eigenvalue weighted by molar-refractivity contribution is 5.67. The monoisotopic (exact) mass is 225 g/mol. The van der Waals surface area contributed by atoms with Crippen LogP contribution in [0.3, 0.4) is 0 Å². The molecule has 0 saturated heterocycles. The maximum Gasteiger partial charge on any atom is 0.128 e. The van der Waals surface area contributed by atoms with Crippen molar-refractivity contribution in [1.82, 2.24) is 4.90 Å². The zero-order chi connectivity index (χ0) is 12.3. The standard InChI is InChI=1S/C12H20FN3/c1-8-5-12(11(14)6-10(8)13)15-9(2)7-16(3)4/h5-6,9,15H,7,14H2,1-4H3. The smallest absolute Gasteiger partial charge is 0.128 e. The zero-order valence-corrected chi connectivity index (χ0v) is 10.3. The Bertz CT molecular complexity index is 364. The zero-order valence-electron chi connectivity index (χ0n) is 10.3. The lowest BCUT2D eigenvalue weighted by Crippen LogP contribution is -2.29. The van der Waals surface area contributed by atoms with E-state index in [1.54, 1.807) is 13.0 Å². The predicted molar refractivity (Wildman–Crippen MR) is 67.2 cm³/mol. The largest absolute Gasteiger partial charge is 0.397 e. The van der Waals surface area contributed by atoms with Crippen molar-refractivity contribution in [3.63, 3.8) is 0 Å². The van der Waals surface area contributed by atoms with Crippen LogP contribution in [0.5, 0.6) is 0 Å². The van der Waals surface area contributed by atoms with Gasteiger partial charge in [0.1, 0.15) is 5.82 Å². The number of hydrogen-bond donors (Lipinski definition) is 2. The fourth-order valence-corrected chi connectivity index (χ4v) is 1.68. The summed E-state index contributed by atoms with van der Waals surface area (Å²) in [7, 11) is 4.02. The first-order chi connectivity index (χ1) is 7.40. The number of nitrogens with zero attached hydrogens (tertiary/aromatic N) is 1. The van der Waals surface area contributed by atoms with Crippen LogP contribution >= 0.6 is 0 Å². The number of aryl methyl sites for hydroxylation is 1. The van der Waals surface area contributed by atoms with E-state index in [1.165, 1.54) is 6.07 Å². The molecule has 0 aliphatic carbocycles. The highest BCUT2D eigenvalue weighted by atomic mass is 19.1. The Balaban J connectivity index is 2.77. The van der Waals surface area contributed by atoms with E-state index in [-0.39, 0.29) is 11.9 Å². The summed E-state index contributed by atoms with van der Waals surface area (Å²) in [6.45, 7) is 4.70. The second kappa shape index (κ2) is 5.16. The minimum Gasteiger partial charge on any atom is -0.397 e. The van der Waals surface area contributed by atoms with Crippen LogP contribution in [0.4, 0.5) is 15.8 Å². The van der Waals surface area contributed by atoms with Crippen molar-refractivity contribution in [3.05, 3.63) is 23.5 Å². The highest BCUT2D eigenvalue weighted by Crippen LogP contribution is 2.23. The number of nitrogens with one attached hydrogen (secondary N) is 1. The Morgan fingerprint density at radius 2 is 2.06 bits per heavy atom. The molecule has 0 saturated carbocycles. The molecule has 0 aromatic heterocycles. The quantitative estimate of drug-likeness (QED) is 0.771. The van der Waals surface area contributed by atoms with Crippen LogP contribution in [0, 0.1) is 12.7 Å². The maximum atomic E-state index is 13.2. The first kappa shape index (κ1) is 12.8. The molecule has 0 fully saturated rings. The second-order valence-electron chi connectivity index (χ2n) is 4.50. The summed E-state index contributed by atoms with van der Waals surface area (Å²) in [6.07, 6.45) is 0. The Kier molecular flexibility index (Phi) is 4.12. The summed E-state index contributed by atoms with van der Waals surface area (Å²) in [5.74, 6) is -0.261. The molecular formula is C12H20FN3. The number of hydrogen-bond acceptors (Lipinski definition) is 3. The van der Waals surface area contributed by atoms with Crippen molar-refractivity contribution < 1.29 is 4.39 Å². The minimum atomic E-state index is -0.261. The average molecular weight is 225 g/mol. The van der Waals surface area contributed by atoms with E-state index in [1.807, 2.05) is 14.1 Å². The second-order valence-corrected chi connectivity index (χ2v) is 4.50. The van der Waals surface area contributed by atoms with Crippen LogP contribution in [0.1, 0.15) is 12.5 Å². The third-order valence-corrected chi connectivity index (χ3v) is 2.37. The summed E-state index contributed by atoms with van der Waals surface area (Å²) in [5.41, 5.74) is 7.61. The summed E-state index contributed by atoms with van der Waals surface area (Å²) in [5, 5.41) is 3.28. The summed E-state index contributed by atoms with van der Waals surface area (Å²) in [6, 6.07) is 3.37. The molecule has 0 radical (unpaired) electrons. The van der Waals surface area contributed by atoms with E-state index in [0.717, 1.165) is 12.2 Å². The molecule has 1 unspecified atom stereocenters. The third-order valence-electron chi connectivity index (χ3n) is 2.37. The summed E-state index contributed by atoms with van der Waals surface area (Å²) >= 11 is 0. The van der Waals surface area contributed by atoms with Crippen LogP contribution in [0.25, 0.3) is 0 Å². The van der Waals surface area contributed by atoms with Crippen LogP contribution < -0.4 is 11.1 Å². The SMILES string of the molecule is Cc1cc(NC(C)CN(C)C)c(N)cc1F. The van der Waals surface area contributed by atoms with Crippen molar-refractivity contribution in [2.75, 3.05) is 31.7 Å². The average Bonchev–Trinajstić information content (AvgIpc) is 2.12. The maximum absolute atomic E-state index is 13.2. The summed E-state index contributed by atoms with van der Waals surface area (Å²) in [4.78, 5) is 2.09. The van der Waals surface area contributed by atoms with Gasteiger partial charge >= 0.3 is 0 Å². The van der Waals surface area contributed by atoms with Crippen molar-refractivity contribution in [1.29, 1.82) is 0 Å². The van der Waals surface area contributed by atoms with Gasteiger partial charge in [0.05, 0.1) is 11.4 Å². The fraction of sp³-hybridized carbons (Fsp3) is 0.500. The van der Waals surface area contributed by atoms with Gasteiger partial charge in [0.15, 0.2) is 0 Å². The molecule has 1 rings (SSSR count). The number of nitrogens with two attached hydrogens (primary N) is 1. The lowest BCUT2D eigenvalue weighted by atomic mass is 10.1. The molecule has 0 heterocycles. The van der Waals surface area contributed by atoms with Crippen LogP contribution in [-0.2, 0) is 0 Å². The van der Waals surface area contributed by atoms with Crippen molar-refractivity contribution in [2.45, 2.75) is 19.9 Å². The van der Waals surface area contributed by atoms with Gasteiger partial charge in [-0.3, -0.25) is 0 Å². The van der Waals surface area contributed by atoms with Crippen LogP contribution in [0.2, 0.25) is 0 Å². The number of anilines is 2. The molecule has 1 aromatic carbocycles. The highest BCUT2D eigenvalue weighted by Gasteiger charge is 2.08. The predicted octanol–water partition coefficient (Wildman–Crippen LogP) is 2.08. The number of nitrogen functional groups attached to an aromatic ring is 1. The van der Waals surface area contributed by atoms with Crippen molar-refractivity contribution >= 4 is 11.4 Å².